The standard InChI is InChI=1S/C17H13Cl2N5/c18-10-1-3-13(19)9(7-10)8-24-6-5-11-14(24)4-2-12-15(11)22-17(21)23-16(12)20/h1-7H,8H2,(H4,20,21,22,23). The lowest BCUT2D eigenvalue weighted by molar-refractivity contribution is 0.837. The first kappa shape index (κ1) is 15.1. The van der Waals surface area contributed by atoms with Crippen molar-refractivity contribution in [2.24, 2.45) is 0 Å². The van der Waals surface area contributed by atoms with Crippen LogP contribution in [-0.4, -0.2) is 14.5 Å². The Balaban J connectivity index is 1.89. The number of fused-ring (bicyclic) bond motifs is 3. The summed E-state index contributed by atoms with van der Waals surface area (Å²) in [6.07, 6.45) is 1.98. The molecule has 4 rings (SSSR count). The SMILES string of the molecule is Nc1nc(N)c2ccc3c(ccn3Cc3cc(Cl)ccc3Cl)c2n1. The van der Waals surface area contributed by atoms with Crippen molar-refractivity contribution in [1.82, 2.24) is 14.5 Å². The second-order valence-corrected chi connectivity index (χ2v) is 6.38. The van der Waals surface area contributed by atoms with E-state index in [0.29, 0.717) is 22.4 Å². The Hall–Kier alpha value is -2.50. The number of nitrogen functional groups attached to an aromatic ring is 2. The fraction of sp³-hybridized carbons (Fsp3) is 0.0588. The van der Waals surface area contributed by atoms with Crippen LogP contribution in [0, 0.1) is 0 Å². The molecule has 4 aromatic rings. The van der Waals surface area contributed by atoms with Gasteiger partial charge in [0.1, 0.15) is 5.82 Å². The van der Waals surface area contributed by atoms with Gasteiger partial charge in [-0.05, 0) is 42.0 Å². The molecule has 0 saturated heterocycles. The van der Waals surface area contributed by atoms with Crippen molar-refractivity contribution in [3.8, 4) is 0 Å². The highest BCUT2D eigenvalue weighted by molar-refractivity contribution is 6.33. The number of halogens is 2. The largest absolute Gasteiger partial charge is 0.383 e. The van der Waals surface area contributed by atoms with Gasteiger partial charge >= 0.3 is 0 Å². The van der Waals surface area contributed by atoms with E-state index >= 15 is 0 Å². The van der Waals surface area contributed by atoms with E-state index in [2.05, 4.69) is 14.5 Å². The molecule has 0 aliphatic heterocycles. The third-order valence-corrected chi connectivity index (χ3v) is 4.61. The molecule has 0 fully saturated rings. The highest BCUT2D eigenvalue weighted by atomic mass is 35.5. The maximum Gasteiger partial charge on any atom is 0.222 e. The summed E-state index contributed by atoms with van der Waals surface area (Å²) in [5.41, 5.74) is 14.4. The van der Waals surface area contributed by atoms with E-state index in [0.717, 1.165) is 27.4 Å². The van der Waals surface area contributed by atoms with Gasteiger partial charge in [0, 0.05) is 33.6 Å². The molecule has 2 aromatic carbocycles. The quantitative estimate of drug-likeness (QED) is 0.565. The first-order valence-corrected chi connectivity index (χ1v) is 8.03. The zero-order valence-electron chi connectivity index (χ0n) is 12.5. The molecular formula is C17H13Cl2N5. The van der Waals surface area contributed by atoms with Crippen molar-refractivity contribution in [1.29, 1.82) is 0 Å². The molecule has 4 N–H and O–H groups in total. The maximum absolute atomic E-state index is 6.28. The van der Waals surface area contributed by atoms with Crippen molar-refractivity contribution >= 4 is 56.8 Å². The highest BCUT2D eigenvalue weighted by Crippen LogP contribution is 2.29. The van der Waals surface area contributed by atoms with E-state index in [1.165, 1.54) is 0 Å². The van der Waals surface area contributed by atoms with Crippen molar-refractivity contribution in [3.05, 3.63) is 58.2 Å². The Kier molecular flexibility index (Phi) is 3.48. The van der Waals surface area contributed by atoms with Crippen LogP contribution in [0.15, 0.2) is 42.6 Å². The molecule has 24 heavy (non-hydrogen) atoms. The number of rotatable bonds is 2. The zero-order valence-corrected chi connectivity index (χ0v) is 14.0. The van der Waals surface area contributed by atoms with E-state index in [1.807, 2.05) is 30.5 Å². The number of benzene rings is 2. The summed E-state index contributed by atoms with van der Waals surface area (Å²) >= 11 is 12.4. The Bertz CT molecular complexity index is 1090. The molecule has 7 heteroatoms. The molecule has 0 amide bonds. The minimum Gasteiger partial charge on any atom is -0.383 e. The number of hydrogen-bond donors (Lipinski definition) is 2. The van der Waals surface area contributed by atoms with Crippen LogP contribution >= 0.6 is 23.2 Å². The lowest BCUT2D eigenvalue weighted by Crippen LogP contribution is -2.01. The number of nitrogens with two attached hydrogens (primary N) is 2. The smallest absolute Gasteiger partial charge is 0.222 e. The second-order valence-electron chi connectivity index (χ2n) is 5.54. The summed E-state index contributed by atoms with van der Waals surface area (Å²) in [7, 11) is 0. The second kappa shape index (κ2) is 5.54. The van der Waals surface area contributed by atoms with Crippen LogP contribution in [0.25, 0.3) is 21.8 Å². The minimum absolute atomic E-state index is 0.165. The summed E-state index contributed by atoms with van der Waals surface area (Å²) in [4.78, 5) is 8.35. The van der Waals surface area contributed by atoms with Gasteiger partial charge in [0.25, 0.3) is 0 Å². The Morgan fingerprint density at radius 1 is 0.958 bits per heavy atom. The third-order valence-electron chi connectivity index (χ3n) is 4.01. The molecule has 0 aliphatic carbocycles. The van der Waals surface area contributed by atoms with Gasteiger partial charge in [0.05, 0.1) is 11.0 Å². The third kappa shape index (κ3) is 2.42. The van der Waals surface area contributed by atoms with E-state index in [1.54, 1.807) is 12.1 Å². The van der Waals surface area contributed by atoms with Crippen LogP contribution in [0.3, 0.4) is 0 Å². The molecule has 0 radical (unpaired) electrons. The number of aromatic nitrogens is 3. The van der Waals surface area contributed by atoms with Gasteiger partial charge in [-0.25, -0.2) is 4.98 Å². The van der Waals surface area contributed by atoms with Crippen molar-refractivity contribution in [2.45, 2.75) is 6.54 Å². The first-order valence-electron chi connectivity index (χ1n) is 7.27. The molecule has 0 spiro atoms. The Morgan fingerprint density at radius 3 is 2.62 bits per heavy atom. The summed E-state index contributed by atoms with van der Waals surface area (Å²) in [5, 5.41) is 3.09. The van der Waals surface area contributed by atoms with Gasteiger partial charge in [0.2, 0.25) is 5.95 Å². The van der Waals surface area contributed by atoms with Crippen LogP contribution in [0.2, 0.25) is 10.0 Å². The van der Waals surface area contributed by atoms with Gasteiger partial charge in [-0.15, -0.1) is 0 Å². The molecule has 0 saturated carbocycles. The first-order chi connectivity index (χ1) is 11.5. The van der Waals surface area contributed by atoms with Crippen LogP contribution in [0.1, 0.15) is 5.56 Å². The molecule has 0 aliphatic rings. The average molecular weight is 358 g/mol. The maximum atomic E-state index is 6.28. The monoisotopic (exact) mass is 357 g/mol. The number of nitrogens with zero attached hydrogens (tertiary/aromatic N) is 3. The predicted octanol–water partition coefficient (Wildman–Crippen LogP) is 4.10. The number of anilines is 2. The fourth-order valence-corrected chi connectivity index (χ4v) is 3.27. The van der Waals surface area contributed by atoms with Gasteiger partial charge in [0.15, 0.2) is 0 Å². The molecule has 0 bridgehead atoms. The van der Waals surface area contributed by atoms with Crippen molar-refractivity contribution in [3.63, 3.8) is 0 Å². The average Bonchev–Trinajstić information content (AvgIpc) is 2.94. The highest BCUT2D eigenvalue weighted by Gasteiger charge is 2.11. The molecule has 2 aromatic heterocycles. The minimum atomic E-state index is 0.165. The lowest BCUT2D eigenvalue weighted by Gasteiger charge is -2.09. The molecule has 0 unspecified atom stereocenters. The van der Waals surface area contributed by atoms with Crippen LogP contribution < -0.4 is 11.5 Å². The molecule has 2 heterocycles. The summed E-state index contributed by atoms with van der Waals surface area (Å²) in [6, 6.07) is 11.3. The zero-order chi connectivity index (χ0) is 16.8. The Morgan fingerprint density at radius 2 is 1.79 bits per heavy atom. The summed E-state index contributed by atoms with van der Waals surface area (Å²) in [6.45, 7) is 0.602. The summed E-state index contributed by atoms with van der Waals surface area (Å²) < 4.78 is 2.08. The lowest BCUT2D eigenvalue weighted by atomic mass is 10.1. The molecule has 0 atom stereocenters. The van der Waals surface area contributed by atoms with Crippen molar-refractivity contribution < 1.29 is 0 Å². The van der Waals surface area contributed by atoms with E-state index in [-0.39, 0.29) is 5.95 Å². The number of hydrogen-bond acceptors (Lipinski definition) is 4. The van der Waals surface area contributed by atoms with Gasteiger partial charge in [-0.2, -0.15) is 4.98 Å². The van der Waals surface area contributed by atoms with E-state index in [9.17, 15) is 0 Å². The van der Waals surface area contributed by atoms with Crippen molar-refractivity contribution in [2.75, 3.05) is 11.5 Å². The molecular weight excluding hydrogens is 345 g/mol. The van der Waals surface area contributed by atoms with Gasteiger partial charge in [-0.1, -0.05) is 23.2 Å². The normalized spacial score (nSPS) is 11.4. The van der Waals surface area contributed by atoms with Gasteiger partial charge in [-0.3, -0.25) is 0 Å². The van der Waals surface area contributed by atoms with Crippen LogP contribution in [-0.2, 0) is 6.54 Å². The topological polar surface area (TPSA) is 82.7 Å². The Labute approximate surface area is 147 Å². The molecule has 5 nitrogen and oxygen atoms in total. The van der Waals surface area contributed by atoms with E-state index in [4.69, 9.17) is 34.7 Å². The van der Waals surface area contributed by atoms with E-state index < -0.39 is 0 Å². The predicted molar refractivity (Wildman–Crippen MR) is 99.4 cm³/mol. The van der Waals surface area contributed by atoms with Crippen LogP contribution in [0.5, 0.6) is 0 Å². The molecule has 120 valence electrons. The van der Waals surface area contributed by atoms with Crippen LogP contribution in [0.4, 0.5) is 11.8 Å². The fourth-order valence-electron chi connectivity index (χ4n) is 2.89. The van der Waals surface area contributed by atoms with Gasteiger partial charge < -0.3 is 16.0 Å². The summed E-state index contributed by atoms with van der Waals surface area (Å²) in [5.74, 6) is 0.545.